The molecule has 1 atom stereocenters. The number of piperidine rings is 1. The third-order valence-electron chi connectivity index (χ3n) is 3.36. The van der Waals surface area contributed by atoms with Crippen LogP contribution < -0.4 is 0 Å². The van der Waals surface area contributed by atoms with Crippen molar-refractivity contribution in [2.75, 3.05) is 20.2 Å². The van der Waals surface area contributed by atoms with Gasteiger partial charge in [-0.05, 0) is 18.2 Å². The Hall–Kier alpha value is -1.59. The van der Waals surface area contributed by atoms with Gasteiger partial charge in [0, 0.05) is 25.1 Å². The number of methoxy groups -OCH3 is 1. The normalized spacial score (nSPS) is 18.5. The third-order valence-corrected chi connectivity index (χ3v) is 4.10. The molecule has 1 aliphatic heterocycles. The number of hydrogen-bond donors (Lipinski definition) is 0. The van der Waals surface area contributed by atoms with Crippen molar-refractivity contribution >= 4 is 40.9 Å². The summed E-state index contributed by atoms with van der Waals surface area (Å²) in [5.41, 5.74) is 0.363. The molecule has 112 valence electrons. The van der Waals surface area contributed by atoms with Crippen molar-refractivity contribution in [1.82, 2.24) is 4.90 Å². The average Bonchev–Trinajstić information content (AvgIpc) is 2.49. The van der Waals surface area contributed by atoms with E-state index in [1.807, 2.05) is 0 Å². The Labute approximate surface area is 131 Å². The highest BCUT2D eigenvalue weighted by Crippen LogP contribution is 2.24. The Morgan fingerprint density at radius 2 is 2.00 bits per heavy atom. The van der Waals surface area contributed by atoms with Crippen LogP contribution in [0.5, 0.6) is 0 Å². The van der Waals surface area contributed by atoms with E-state index in [9.17, 15) is 14.4 Å². The van der Waals surface area contributed by atoms with Crippen LogP contribution in [0.4, 0.5) is 0 Å². The number of benzene rings is 1. The molecule has 1 fully saturated rings. The van der Waals surface area contributed by atoms with Crippen LogP contribution in [0.1, 0.15) is 16.8 Å². The predicted octanol–water partition coefficient (Wildman–Crippen LogP) is 2.20. The van der Waals surface area contributed by atoms with Crippen molar-refractivity contribution in [3.63, 3.8) is 0 Å². The fourth-order valence-electron chi connectivity index (χ4n) is 2.18. The lowest BCUT2D eigenvalue weighted by Crippen LogP contribution is -2.47. The van der Waals surface area contributed by atoms with Gasteiger partial charge in [-0.1, -0.05) is 23.2 Å². The second-order valence-electron chi connectivity index (χ2n) is 4.67. The van der Waals surface area contributed by atoms with Gasteiger partial charge in [-0.15, -0.1) is 0 Å². The van der Waals surface area contributed by atoms with E-state index in [1.165, 1.54) is 24.1 Å². The molecule has 0 aliphatic carbocycles. The van der Waals surface area contributed by atoms with Gasteiger partial charge in [-0.25, -0.2) is 0 Å². The number of carbonyl (C=O) groups excluding carboxylic acids is 3. The summed E-state index contributed by atoms with van der Waals surface area (Å²) in [6, 6.07) is 4.56. The second kappa shape index (κ2) is 6.45. The van der Waals surface area contributed by atoms with Crippen molar-refractivity contribution in [1.29, 1.82) is 0 Å². The lowest BCUT2D eigenvalue weighted by Gasteiger charge is -2.30. The Balaban J connectivity index is 2.17. The SMILES string of the molecule is COC(=O)C1CN(C(=O)c2ccc(Cl)c(Cl)c2)CCC1=O. The molecule has 0 N–H and O–H groups in total. The minimum atomic E-state index is -0.921. The van der Waals surface area contributed by atoms with E-state index in [4.69, 9.17) is 23.2 Å². The Bertz CT molecular complexity index is 595. The van der Waals surface area contributed by atoms with Crippen LogP contribution in [0.25, 0.3) is 0 Å². The molecule has 1 aromatic rings. The molecular weight excluding hydrogens is 317 g/mol. The van der Waals surface area contributed by atoms with E-state index >= 15 is 0 Å². The highest BCUT2D eigenvalue weighted by molar-refractivity contribution is 6.42. The maximum absolute atomic E-state index is 12.4. The van der Waals surface area contributed by atoms with Crippen LogP contribution in [0, 0.1) is 5.92 Å². The fraction of sp³-hybridized carbons (Fsp3) is 0.357. The second-order valence-corrected chi connectivity index (χ2v) is 5.49. The number of nitrogens with zero attached hydrogens (tertiary/aromatic N) is 1. The van der Waals surface area contributed by atoms with Gasteiger partial charge >= 0.3 is 5.97 Å². The molecule has 0 aromatic heterocycles. The van der Waals surface area contributed by atoms with Crippen LogP contribution >= 0.6 is 23.2 Å². The first kappa shape index (κ1) is 15.8. The monoisotopic (exact) mass is 329 g/mol. The minimum Gasteiger partial charge on any atom is -0.468 e. The first-order valence-electron chi connectivity index (χ1n) is 6.29. The van der Waals surface area contributed by atoms with Crippen LogP contribution in [-0.2, 0) is 14.3 Å². The summed E-state index contributed by atoms with van der Waals surface area (Å²) in [5.74, 6) is -2.04. The molecule has 7 heteroatoms. The minimum absolute atomic E-state index is 0.0184. The first-order valence-corrected chi connectivity index (χ1v) is 7.04. The number of likely N-dealkylation sites (tertiary alicyclic amines) is 1. The van der Waals surface area contributed by atoms with Crippen LogP contribution in [0.2, 0.25) is 10.0 Å². The summed E-state index contributed by atoms with van der Waals surface area (Å²) >= 11 is 11.7. The largest absolute Gasteiger partial charge is 0.468 e. The lowest BCUT2D eigenvalue weighted by atomic mass is 9.96. The molecule has 0 spiro atoms. The van der Waals surface area contributed by atoms with Crippen molar-refractivity contribution in [3.05, 3.63) is 33.8 Å². The lowest BCUT2D eigenvalue weighted by molar-refractivity contribution is -0.151. The molecule has 0 bridgehead atoms. The molecule has 0 radical (unpaired) electrons. The zero-order chi connectivity index (χ0) is 15.6. The number of Topliss-reactive ketones (excluding diaryl/α,β-unsaturated/α-hetero) is 1. The molecule has 21 heavy (non-hydrogen) atoms. The molecule has 1 saturated heterocycles. The molecule has 1 amide bonds. The zero-order valence-corrected chi connectivity index (χ0v) is 12.8. The fourth-order valence-corrected chi connectivity index (χ4v) is 2.48. The van der Waals surface area contributed by atoms with Crippen LogP contribution in [0.15, 0.2) is 18.2 Å². The molecule has 1 unspecified atom stereocenters. The summed E-state index contributed by atoms with van der Waals surface area (Å²) in [4.78, 5) is 37.1. The number of ether oxygens (including phenoxy) is 1. The molecule has 1 aromatic carbocycles. The van der Waals surface area contributed by atoms with E-state index in [1.54, 1.807) is 6.07 Å². The average molecular weight is 330 g/mol. The third kappa shape index (κ3) is 3.36. The maximum Gasteiger partial charge on any atom is 0.318 e. The van der Waals surface area contributed by atoms with E-state index in [-0.39, 0.29) is 36.2 Å². The van der Waals surface area contributed by atoms with Gasteiger partial charge in [-0.2, -0.15) is 0 Å². The topological polar surface area (TPSA) is 63.7 Å². The summed E-state index contributed by atoms with van der Waals surface area (Å²) in [6.07, 6.45) is 0.132. The van der Waals surface area contributed by atoms with E-state index < -0.39 is 11.9 Å². The van der Waals surface area contributed by atoms with Gasteiger partial charge in [0.25, 0.3) is 5.91 Å². The number of esters is 1. The number of hydrogen-bond acceptors (Lipinski definition) is 4. The quantitative estimate of drug-likeness (QED) is 0.616. The Morgan fingerprint density at radius 3 is 2.62 bits per heavy atom. The van der Waals surface area contributed by atoms with Gasteiger partial charge < -0.3 is 9.64 Å². The highest BCUT2D eigenvalue weighted by Gasteiger charge is 2.35. The smallest absolute Gasteiger partial charge is 0.318 e. The van der Waals surface area contributed by atoms with Crippen molar-refractivity contribution < 1.29 is 19.1 Å². The number of amides is 1. The molecule has 5 nitrogen and oxygen atoms in total. The predicted molar refractivity (Wildman–Crippen MR) is 77.5 cm³/mol. The van der Waals surface area contributed by atoms with Gasteiger partial charge in [-0.3, -0.25) is 14.4 Å². The van der Waals surface area contributed by atoms with Crippen molar-refractivity contribution in [2.45, 2.75) is 6.42 Å². The summed E-state index contributed by atoms with van der Waals surface area (Å²) in [6.45, 7) is 0.288. The maximum atomic E-state index is 12.4. The van der Waals surface area contributed by atoms with Gasteiger partial charge in [0.05, 0.1) is 17.2 Å². The molecule has 1 heterocycles. The molecule has 0 saturated carbocycles. The van der Waals surface area contributed by atoms with E-state index in [0.717, 1.165) is 0 Å². The Morgan fingerprint density at radius 1 is 1.29 bits per heavy atom. The van der Waals surface area contributed by atoms with Gasteiger partial charge in [0.2, 0.25) is 0 Å². The summed E-state index contributed by atoms with van der Waals surface area (Å²) < 4.78 is 4.59. The van der Waals surface area contributed by atoms with E-state index in [2.05, 4.69) is 4.74 Å². The number of carbonyl (C=O) groups is 3. The molecular formula is C14H13Cl2NO4. The first-order chi connectivity index (χ1) is 9.93. The van der Waals surface area contributed by atoms with Crippen molar-refractivity contribution in [3.8, 4) is 0 Å². The van der Waals surface area contributed by atoms with Gasteiger partial charge in [0.15, 0.2) is 5.78 Å². The van der Waals surface area contributed by atoms with Crippen molar-refractivity contribution in [2.24, 2.45) is 5.92 Å². The van der Waals surface area contributed by atoms with Crippen LogP contribution in [0.3, 0.4) is 0 Å². The van der Waals surface area contributed by atoms with E-state index in [0.29, 0.717) is 10.6 Å². The van der Waals surface area contributed by atoms with Crippen LogP contribution in [-0.4, -0.2) is 42.8 Å². The number of ketones is 1. The highest BCUT2D eigenvalue weighted by atomic mass is 35.5. The summed E-state index contributed by atoms with van der Waals surface area (Å²) in [7, 11) is 1.22. The number of halogens is 2. The van der Waals surface area contributed by atoms with Gasteiger partial charge in [0.1, 0.15) is 5.92 Å². The molecule has 2 rings (SSSR count). The zero-order valence-electron chi connectivity index (χ0n) is 11.3. The summed E-state index contributed by atoms with van der Waals surface area (Å²) in [5, 5.41) is 0.634. The number of rotatable bonds is 2. The Kier molecular flexibility index (Phi) is 4.85. The molecule has 1 aliphatic rings. The standard InChI is InChI=1S/C14H13Cl2NO4/c1-21-14(20)9-7-17(5-4-12(9)18)13(19)8-2-3-10(15)11(16)6-8/h2-3,6,9H,4-5,7H2,1H3.